The zero-order chi connectivity index (χ0) is 17.9. The van der Waals surface area contributed by atoms with Crippen LogP contribution in [0.4, 0.5) is 0 Å². The molecule has 1 aliphatic carbocycles. The fourth-order valence-corrected chi connectivity index (χ4v) is 4.89. The molecule has 136 valence electrons. The summed E-state index contributed by atoms with van der Waals surface area (Å²) in [5.41, 5.74) is 0.902. The standard InChI is InChI=1S/C17H18ClN5OS2/c18-12-8-6-11(7-9-12)15-20-21-16-23(15)22-17(26-16)25-10-14(24)19-13-4-2-1-3-5-13/h6-9,13H,1-5,10H2,(H,19,24). The number of benzene rings is 1. The maximum atomic E-state index is 12.2. The molecule has 0 unspecified atom stereocenters. The van der Waals surface area contributed by atoms with Crippen LogP contribution in [-0.2, 0) is 4.79 Å². The Hall–Kier alpha value is -1.64. The molecule has 0 atom stereocenters. The van der Waals surface area contributed by atoms with Gasteiger partial charge in [0.05, 0.1) is 5.75 Å². The first-order valence-corrected chi connectivity index (χ1v) is 10.8. The highest BCUT2D eigenvalue weighted by molar-refractivity contribution is 8.01. The number of rotatable bonds is 5. The largest absolute Gasteiger partial charge is 0.353 e. The van der Waals surface area contributed by atoms with E-state index in [1.165, 1.54) is 42.4 Å². The number of halogens is 1. The molecule has 1 aromatic carbocycles. The second-order valence-electron chi connectivity index (χ2n) is 6.28. The Balaban J connectivity index is 1.41. The number of hydrogen-bond donors (Lipinski definition) is 1. The van der Waals surface area contributed by atoms with E-state index >= 15 is 0 Å². The summed E-state index contributed by atoms with van der Waals surface area (Å²) in [4.78, 5) is 12.9. The van der Waals surface area contributed by atoms with Gasteiger partial charge in [0.25, 0.3) is 0 Å². The minimum absolute atomic E-state index is 0.0748. The van der Waals surface area contributed by atoms with Gasteiger partial charge in [-0.25, -0.2) is 0 Å². The molecule has 0 saturated heterocycles. The number of aromatic nitrogens is 4. The number of amides is 1. The lowest BCUT2D eigenvalue weighted by Gasteiger charge is -2.22. The molecule has 0 radical (unpaired) electrons. The van der Waals surface area contributed by atoms with E-state index in [1.807, 2.05) is 24.3 Å². The molecule has 1 fully saturated rings. The quantitative estimate of drug-likeness (QED) is 0.646. The van der Waals surface area contributed by atoms with E-state index in [-0.39, 0.29) is 5.91 Å². The lowest BCUT2D eigenvalue weighted by Crippen LogP contribution is -2.37. The number of carbonyl (C=O) groups excluding carboxylic acids is 1. The lowest BCUT2D eigenvalue weighted by molar-refractivity contribution is -0.119. The third-order valence-electron chi connectivity index (χ3n) is 4.37. The van der Waals surface area contributed by atoms with Gasteiger partial charge in [-0.1, -0.05) is 54.0 Å². The number of nitrogens with zero attached hydrogens (tertiary/aromatic N) is 4. The molecule has 1 N–H and O–H groups in total. The van der Waals surface area contributed by atoms with E-state index in [4.69, 9.17) is 11.6 Å². The van der Waals surface area contributed by atoms with Crippen LogP contribution >= 0.6 is 34.7 Å². The maximum absolute atomic E-state index is 12.2. The van der Waals surface area contributed by atoms with Crippen molar-refractivity contribution < 1.29 is 4.79 Å². The normalized spacial score (nSPS) is 15.4. The number of thioether (sulfide) groups is 1. The zero-order valence-electron chi connectivity index (χ0n) is 14.0. The van der Waals surface area contributed by atoms with Crippen molar-refractivity contribution in [2.45, 2.75) is 42.5 Å². The van der Waals surface area contributed by atoms with Gasteiger partial charge < -0.3 is 5.32 Å². The Labute approximate surface area is 164 Å². The molecule has 26 heavy (non-hydrogen) atoms. The summed E-state index contributed by atoms with van der Waals surface area (Å²) in [6.45, 7) is 0. The fourth-order valence-electron chi connectivity index (χ4n) is 3.08. The smallest absolute Gasteiger partial charge is 0.235 e. The SMILES string of the molecule is O=C(CSc1nn2c(-c3ccc(Cl)cc3)nnc2s1)NC1CCCCC1. The Morgan fingerprint density at radius 3 is 2.77 bits per heavy atom. The highest BCUT2D eigenvalue weighted by Crippen LogP contribution is 2.28. The molecular weight excluding hydrogens is 390 g/mol. The molecule has 1 amide bonds. The Kier molecular flexibility index (Phi) is 5.42. The van der Waals surface area contributed by atoms with Gasteiger partial charge in [0, 0.05) is 16.6 Å². The zero-order valence-corrected chi connectivity index (χ0v) is 16.4. The molecule has 1 aliphatic rings. The van der Waals surface area contributed by atoms with Crippen molar-refractivity contribution >= 4 is 45.6 Å². The van der Waals surface area contributed by atoms with Gasteiger partial charge in [0.15, 0.2) is 10.2 Å². The van der Waals surface area contributed by atoms with Crippen LogP contribution in [0.3, 0.4) is 0 Å². The summed E-state index contributed by atoms with van der Waals surface area (Å²) in [5.74, 6) is 1.12. The van der Waals surface area contributed by atoms with Crippen LogP contribution in [0.15, 0.2) is 28.6 Å². The van der Waals surface area contributed by atoms with Gasteiger partial charge in [0.1, 0.15) is 0 Å². The van der Waals surface area contributed by atoms with E-state index in [0.717, 1.165) is 22.7 Å². The molecule has 0 bridgehead atoms. The van der Waals surface area contributed by atoms with Gasteiger partial charge in [-0.15, -0.1) is 15.3 Å². The van der Waals surface area contributed by atoms with Gasteiger partial charge in [-0.05, 0) is 37.1 Å². The van der Waals surface area contributed by atoms with E-state index in [0.29, 0.717) is 27.6 Å². The lowest BCUT2D eigenvalue weighted by atomic mass is 9.95. The summed E-state index contributed by atoms with van der Waals surface area (Å²) in [6.07, 6.45) is 5.89. The summed E-state index contributed by atoms with van der Waals surface area (Å²) in [7, 11) is 0. The number of nitrogens with one attached hydrogen (secondary N) is 1. The fraction of sp³-hybridized carbons (Fsp3) is 0.412. The minimum Gasteiger partial charge on any atom is -0.353 e. The predicted molar refractivity (Wildman–Crippen MR) is 105 cm³/mol. The summed E-state index contributed by atoms with van der Waals surface area (Å²) >= 11 is 8.82. The van der Waals surface area contributed by atoms with Gasteiger partial charge in [-0.3, -0.25) is 4.79 Å². The maximum Gasteiger partial charge on any atom is 0.235 e. The summed E-state index contributed by atoms with van der Waals surface area (Å²) in [6, 6.07) is 7.75. The average molecular weight is 408 g/mol. The highest BCUT2D eigenvalue weighted by Gasteiger charge is 2.17. The number of carbonyl (C=O) groups is 1. The van der Waals surface area contributed by atoms with Crippen LogP contribution in [0.2, 0.25) is 5.02 Å². The number of fused-ring (bicyclic) bond motifs is 1. The predicted octanol–water partition coefficient (Wildman–Crippen LogP) is 4.05. The van der Waals surface area contributed by atoms with Crippen molar-refractivity contribution in [1.29, 1.82) is 0 Å². The van der Waals surface area contributed by atoms with Crippen molar-refractivity contribution in [1.82, 2.24) is 25.1 Å². The van der Waals surface area contributed by atoms with Crippen molar-refractivity contribution in [2.24, 2.45) is 0 Å². The highest BCUT2D eigenvalue weighted by atomic mass is 35.5. The van der Waals surface area contributed by atoms with Crippen molar-refractivity contribution in [3.63, 3.8) is 0 Å². The molecule has 2 aromatic heterocycles. The van der Waals surface area contributed by atoms with Crippen LogP contribution in [0.5, 0.6) is 0 Å². The van der Waals surface area contributed by atoms with Gasteiger partial charge >= 0.3 is 0 Å². The second-order valence-corrected chi connectivity index (χ2v) is 8.90. The second kappa shape index (κ2) is 7.94. The van der Waals surface area contributed by atoms with E-state index < -0.39 is 0 Å². The molecule has 3 aromatic rings. The molecule has 9 heteroatoms. The molecule has 0 aliphatic heterocycles. The van der Waals surface area contributed by atoms with E-state index in [9.17, 15) is 4.79 Å². The average Bonchev–Trinajstić information content (AvgIpc) is 3.22. The molecule has 6 nitrogen and oxygen atoms in total. The Morgan fingerprint density at radius 1 is 1.23 bits per heavy atom. The van der Waals surface area contributed by atoms with Crippen molar-refractivity contribution in [3.8, 4) is 11.4 Å². The minimum atomic E-state index is 0.0748. The molecule has 2 heterocycles. The molecule has 1 saturated carbocycles. The van der Waals surface area contributed by atoms with Crippen LogP contribution in [0.1, 0.15) is 32.1 Å². The first-order valence-electron chi connectivity index (χ1n) is 8.59. The van der Waals surface area contributed by atoms with Crippen LogP contribution in [-0.4, -0.2) is 37.5 Å². The third-order valence-corrected chi connectivity index (χ3v) is 6.66. The Morgan fingerprint density at radius 2 is 2.00 bits per heavy atom. The van der Waals surface area contributed by atoms with Crippen molar-refractivity contribution in [2.75, 3.05) is 5.75 Å². The van der Waals surface area contributed by atoms with E-state index in [2.05, 4.69) is 20.6 Å². The topological polar surface area (TPSA) is 72.2 Å². The van der Waals surface area contributed by atoms with Crippen molar-refractivity contribution in [3.05, 3.63) is 29.3 Å². The first-order chi connectivity index (χ1) is 12.7. The van der Waals surface area contributed by atoms with Crippen LogP contribution in [0.25, 0.3) is 16.3 Å². The van der Waals surface area contributed by atoms with Gasteiger partial charge in [-0.2, -0.15) is 4.52 Å². The number of hydrogen-bond acceptors (Lipinski definition) is 6. The summed E-state index contributed by atoms with van der Waals surface area (Å²) in [5, 5.41) is 16.7. The van der Waals surface area contributed by atoms with Gasteiger partial charge in [0.2, 0.25) is 10.9 Å². The molecule has 0 spiro atoms. The van der Waals surface area contributed by atoms with E-state index in [1.54, 1.807) is 4.52 Å². The molecular formula is C17H18ClN5OS2. The third kappa shape index (κ3) is 4.02. The molecule has 4 rings (SSSR count). The van der Waals surface area contributed by atoms with Crippen LogP contribution < -0.4 is 5.32 Å². The first kappa shape index (κ1) is 17.8. The van der Waals surface area contributed by atoms with Crippen LogP contribution in [0, 0.1) is 0 Å². The summed E-state index contributed by atoms with van der Waals surface area (Å²) < 4.78 is 2.53. The Bertz CT molecular complexity index is 902. The monoisotopic (exact) mass is 407 g/mol.